The summed E-state index contributed by atoms with van der Waals surface area (Å²) in [5.41, 5.74) is 9.31. The minimum absolute atomic E-state index is 0.0135. The van der Waals surface area contributed by atoms with Crippen LogP contribution in [0.25, 0.3) is 0 Å². The molecule has 0 radical (unpaired) electrons. The van der Waals surface area contributed by atoms with Gasteiger partial charge >= 0.3 is 0 Å². The predicted octanol–water partition coefficient (Wildman–Crippen LogP) is 11.2. The van der Waals surface area contributed by atoms with E-state index in [0.717, 1.165) is 12.8 Å². The SMILES string of the molecule is CC1=C(/C=C/C(C)=C/C=C/C(C)=C/C=C/C=C(C)/C=C/C=C(C)/C=C/C2=CCCCC2(C)C)C(C)(C)CC(O)C1. The van der Waals surface area contributed by atoms with Gasteiger partial charge in [0.1, 0.15) is 0 Å². The standard InChI is InChI=1S/C39H54O/c1-30(18-14-20-32(3)23-25-35-22-12-13-27-38(35,6)7)16-10-11-17-31(2)19-15-21-33(4)24-26-37-34(5)28-36(40)29-39(37,8)9/h10-11,14-26,36,40H,12-13,27-29H2,1-9H3/b11-10+,18-14+,19-15+,25-23+,26-24+,30-16+,31-17+,32-20+,33-21+. The molecule has 216 valence electrons. The highest BCUT2D eigenvalue weighted by molar-refractivity contribution is 5.38. The summed E-state index contributed by atoms with van der Waals surface area (Å²) in [5, 5.41) is 10.1. The fourth-order valence-corrected chi connectivity index (χ4v) is 5.47. The Balaban J connectivity index is 1.87. The van der Waals surface area contributed by atoms with E-state index in [-0.39, 0.29) is 11.5 Å². The number of hydrogen-bond donors (Lipinski definition) is 1. The molecule has 0 spiro atoms. The number of allylic oxidation sites excluding steroid dienone is 21. The Hall–Kier alpha value is -2.90. The molecule has 1 N–H and O–H groups in total. The Morgan fingerprint density at radius 3 is 1.75 bits per heavy atom. The van der Waals surface area contributed by atoms with Crippen molar-refractivity contribution in [3.8, 4) is 0 Å². The molecule has 0 bridgehead atoms. The molecule has 2 aliphatic carbocycles. The first-order valence-electron chi connectivity index (χ1n) is 15.0. The Bertz CT molecular complexity index is 1210. The van der Waals surface area contributed by atoms with Crippen molar-refractivity contribution in [1.82, 2.24) is 0 Å². The smallest absolute Gasteiger partial charge is 0.0585 e. The van der Waals surface area contributed by atoms with Crippen LogP contribution in [0.15, 0.2) is 130 Å². The summed E-state index contributed by atoms with van der Waals surface area (Å²) < 4.78 is 0. The van der Waals surface area contributed by atoms with Gasteiger partial charge in [-0.05, 0) is 88.7 Å². The van der Waals surface area contributed by atoms with Crippen molar-refractivity contribution in [2.24, 2.45) is 10.8 Å². The van der Waals surface area contributed by atoms with Gasteiger partial charge in [-0.25, -0.2) is 0 Å². The monoisotopic (exact) mass is 538 g/mol. The molecular formula is C39H54O. The minimum Gasteiger partial charge on any atom is -0.393 e. The first-order valence-corrected chi connectivity index (χ1v) is 15.0. The van der Waals surface area contributed by atoms with E-state index in [1.54, 1.807) is 0 Å². The van der Waals surface area contributed by atoms with Crippen LogP contribution in [0.2, 0.25) is 0 Å². The van der Waals surface area contributed by atoms with Crippen LogP contribution in [0.1, 0.15) is 94.4 Å². The summed E-state index contributed by atoms with van der Waals surface area (Å²) in [6, 6.07) is 0. The number of aliphatic hydroxyl groups excluding tert-OH is 1. The third-order valence-corrected chi connectivity index (χ3v) is 7.93. The highest BCUT2D eigenvalue weighted by Crippen LogP contribution is 2.41. The number of rotatable bonds is 10. The van der Waals surface area contributed by atoms with Gasteiger partial charge in [0.05, 0.1) is 6.10 Å². The largest absolute Gasteiger partial charge is 0.393 e. The van der Waals surface area contributed by atoms with Gasteiger partial charge in [-0.2, -0.15) is 0 Å². The lowest BCUT2D eigenvalue weighted by Gasteiger charge is -2.35. The summed E-state index contributed by atoms with van der Waals surface area (Å²) in [5.74, 6) is 0. The van der Waals surface area contributed by atoms with Crippen molar-refractivity contribution >= 4 is 0 Å². The summed E-state index contributed by atoms with van der Waals surface area (Å²) in [6.07, 6.45) is 37.8. The molecule has 0 fully saturated rings. The van der Waals surface area contributed by atoms with Gasteiger partial charge in [0.25, 0.3) is 0 Å². The van der Waals surface area contributed by atoms with Gasteiger partial charge < -0.3 is 5.11 Å². The average molecular weight is 539 g/mol. The van der Waals surface area contributed by atoms with Crippen LogP contribution in [0.5, 0.6) is 0 Å². The maximum atomic E-state index is 10.1. The predicted molar refractivity (Wildman–Crippen MR) is 178 cm³/mol. The van der Waals surface area contributed by atoms with Crippen molar-refractivity contribution < 1.29 is 5.11 Å². The van der Waals surface area contributed by atoms with Gasteiger partial charge in [-0.15, -0.1) is 0 Å². The molecule has 40 heavy (non-hydrogen) atoms. The molecule has 0 amide bonds. The molecule has 0 aromatic carbocycles. The van der Waals surface area contributed by atoms with E-state index in [4.69, 9.17) is 0 Å². The second-order valence-corrected chi connectivity index (χ2v) is 13.0. The molecule has 0 saturated carbocycles. The van der Waals surface area contributed by atoms with E-state index in [2.05, 4.69) is 153 Å². The Labute approximate surface area is 246 Å². The van der Waals surface area contributed by atoms with Crippen molar-refractivity contribution in [3.05, 3.63) is 130 Å². The van der Waals surface area contributed by atoms with Crippen LogP contribution in [0.4, 0.5) is 0 Å². The molecule has 0 saturated heterocycles. The highest BCUT2D eigenvalue weighted by atomic mass is 16.3. The van der Waals surface area contributed by atoms with E-state index in [0.29, 0.717) is 5.41 Å². The lowest BCUT2D eigenvalue weighted by molar-refractivity contribution is 0.116. The zero-order valence-electron chi connectivity index (χ0n) is 26.7. The molecule has 1 nitrogen and oxygen atoms in total. The summed E-state index contributed by atoms with van der Waals surface area (Å²) in [4.78, 5) is 0. The second-order valence-electron chi connectivity index (χ2n) is 13.0. The van der Waals surface area contributed by atoms with Gasteiger partial charge in [0.15, 0.2) is 0 Å². The summed E-state index contributed by atoms with van der Waals surface area (Å²) >= 11 is 0. The lowest BCUT2D eigenvalue weighted by atomic mass is 9.71. The molecule has 0 heterocycles. The van der Waals surface area contributed by atoms with E-state index in [9.17, 15) is 5.11 Å². The zero-order chi connectivity index (χ0) is 29.8. The van der Waals surface area contributed by atoms with Crippen molar-refractivity contribution in [1.29, 1.82) is 0 Å². The fraction of sp³-hybridized carbons (Fsp3) is 0.436. The third-order valence-electron chi connectivity index (χ3n) is 7.93. The van der Waals surface area contributed by atoms with Crippen molar-refractivity contribution in [2.75, 3.05) is 0 Å². The first kappa shape index (κ1) is 33.3. The van der Waals surface area contributed by atoms with Crippen LogP contribution in [-0.4, -0.2) is 11.2 Å². The first-order chi connectivity index (χ1) is 18.8. The molecule has 0 aliphatic heterocycles. The van der Waals surface area contributed by atoms with Crippen LogP contribution in [-0.2, 0) is 0 Å². The Morgan fingerprint density at radius 2 is 1.23 bits per heavy atom. The molecule has 2 rings (SSSR count). The van der Waals surface area contributed by atoms with E-state index in [1.165, 1.54) is 58.3 Å². The van der Waals surface area contributed by atoms with Gasteiger partial charge in [0.2, 0.25) is 0 Å². The van der Waals surface area contributed by atoms with Crippen LogP contribution < -0.4 is 0 Å². The molecular weight excluding hydrogens is 484 g/mol. The molecule has 2 aliphatic rings. The van der Waals surface area contributed by atoms with Crippen LogP contribution in [0.3, 0.4) is 0 Å². The van der Waals surface area contributed by atoms with Gasteiger partial charge in [-0.1, -0.05) is 147 Å². The van der Waals surface area contributed by atoms with Crippen LogP contribution >= 0.6 is 0 Å². The second kappa shape index (κ2) is 15.8. The lowest BCUT2D eigenvalue weighted by Crippen LogP contribution is -2.28. The summed E-state index contributed by atoms with van der Waals surface area (Å²) in [6.45, 7) is 19.8. The number of aliphatic hydroxyl groups is 1. The topological polar surface area (TPSA) is 20.2 Å². The van der Waals surface area contributed by atoms with E-state index in [1.807, 2.05) is 0 Å². The van der Waals surface area contributed by atoms with Gasteiger partial charge in [0, 0.05) is 0 Å². The third kappa shape index (κ3) is 11.7. The van der Waals surface area contributed by atoms with Gasteiger partial charge in [-0.3, -0.25) is 0 Å². The quantitative estimate of drug-likeness (QED) is 0.274. The molecule has 0 aromatic heterocycles. The molecule has 1 unspecified atom stereocenters. The Kier molecular flexibility index (Phi) is 13.1. The molecule has 1 atom stereocenters. The maximum absolute atomic E-state index is 10.1. The Morgan fingerprint density at radius 1 is 0.725 bits per heavy atom. The molecule has 0 aromatic rings. The molecule has 1 heteroatoms. The fourth-order valence-electron chi connectivity index (χ4n) is 5.47. The minimum atomic E-state index is -0.220. The normalized spacial score (nSPS) is 23.6. The summed E-state index contributed by atoms with van der Waals surface area (Å²) in [7, 11) is 0. The van der Waals surface area contributed by atoms with E-state index >= 15 is 0 Å². The van der Waals surface area contributed by atoms with Crippen LogP contribution in [0, 0.1) is 10.8 Å². The highest BCUT2D eigenvalue weighted by Gasteiger charge is 2.31. The number of hydrogen-bond acceptors (Lipinski definition) is 1. The van der Waals surface area contributed by atoms with Crippen molar-refractivity contribution in [2.45, 2.75) is 101 Å². The zero-order valence-corrected chi connectivity index (χ0v) is 26.7. The van der Waals surface area contributed by atoms with Crippen molar-refractivity contribution in [3.63, 3.8) is 0 Å². The van der Waals surface area contributed by atoms with E-state index < -0.39 is 0 Å². The maximum Gasteiger partial charge on any atom is 0.0585 e. The average Bonchev–Trinajstić information content (AvgIpc) is 2.84.